The molecule has 9 nitrogen and oxygen atoms in total. The summed E-state index contributed by atoms with van der Waals surface area (Å²) >= 11 is 0. The van der Waals surface area contributed by atoms with Crippen LogP contribution in [-0.4, -0.2) is 36.9 Å². The van der Waals surface area contributed by atoms with Crippen molar-refractivity contribution in [2.75, 3.05) is 5.73 Å². The number of esters is 1. The van der Waals surface area contributed by atoms with Gasteiger partial charge in [-0.25, -0.2) is 4.98 Å². The molecule has 0 amide bonds. The third-order valence-electron chi connectivity index (χ3n) is 3.56. The number of aromatic nitrogens is 4. The molecule has 3 rings (SSSR count). The summed E-state index contributed by atoms with van der Waals surface area (Å²) in [7, 11) is 0. The van der Waals surface area contributed by atoms with Crippen LogP contribution in [0.3, 0.4) is 0 Å². The Hall–Kier alpha value is -2.68. The normalized spacial score (nSPS) is 22.1. The van der Waals surface area contributed by atoms with Gasteiger partial charge in [-0.2, -0.15) is 4.98 Å². The van der Waals surface area contributed by atoms with E-state index in [4.69, 9.17) is 10.5 Å². The van der Waals surface area contributed by atoms with Crippen LogP contribution in [0.2, 0.25) is 0 Å². The van der Waals surface area contributed by atoms with Gasteiger partial charge in [0.05, 0.1) is 12.4 Å². The number of imidazole rings is 1. The zero-order valence-electron chi connectivity index (χ0n) is 11.8. The second-order valence-corrected chi connectivity index (χ2v) is 5.13. The third-order valence-corrected chi connectivity index (χ3v) is 3.56. The van der Waals surface area contributed by atoms with Gasteiger partial charge in [0, 0.05) is 12.8 Å². The highest BCUT2D eigenvalue weighted by Crippen LogP contribution is 2.31. The fourth-order valence-corrected chi connectivity index (χ4v) is 2.57. The highest BCUT2D eigenvalue weighted by molar-refractivity contribution is 5.70. The van der Waals surface area contributed by atoms with Crippen LogP contribution in [0.4, 0.5) is 5.95 Å². The van der Waals surface area contributed by atoms with Crippen LogP contribution in [0, 0.1) is 5.92 Å². The number of aliphatic hydroxyl groups excluding tert-OH is 1. The predicted octanol–water partition coefficient (Wildman–Crippen LogP) is -0.300. The number of aliphatic hydroxyl groups is 1. The zero-order valence-corrected chi connectivity index (χ0v) is 11.8. The van der Waals surface area contributed by atoms with Gasteiger partial charge in [-0.1, -0.05) is 12.2 Å². The molecule has 0 aliphatic heterocycles. The smallest absolute Gasteiger partial charge is 0.304 e. The van der Waals surface area contributed by atoms with Crippen molar-refractivity contribution in [3.05, 3.63) is 28.8 Å². The van der Waals surface area contributed by atoms with Crippen LogP contribution >= 0.6 is 0 Å². The fourth-order valence-electron chi connectivity index (χ4n) is 2.57. The molecule has 1 aliphatic rings. The van der Waals surface area contributed by atoms with Gasteiger partial charge in [-0.3, -0.25) is 14.6 Å². The Morgan fingerprint density at radius 3 is 3.09 bits per heavy atom. The molecular formula is C13H15N5O4. The zero-order chi connectivity index (χ0) is 15.9. The summed E-state index contributed by atoms with van der Waals surface area (Å²) in [5, 5.41) is 9.83. The molecule has 116 valence electrons. The number of ether oxygens (including phenoxy) is 1. The molecule has 0 saturated heterocycles. The second-order valence-electron chi connectivity index (χ2n) is 5.13. The molecule has 0 radical (unpaired) electrons. The van der Waals surface area contributed by atoms with Gasteiger partial charge in [-0.15, -0.1) is 0 Å². The average Bonchev–Trinajstić information content (AvgIpc) is 3.03. The molecule has 2 aromatic rings. The lowest BCUT2D eigenvalue weighted by Crippen LogP contribution is -2.24. The Kier molecular flexibility index (Phi) is 3.41. The summed E-state index contributed by atoms with van der Waals surface area (Å²) < 4.78 is 6.48. The first kappa shape index (κ1) is 14.3. The Bertz CT molecular complexity index is 808. The number of nitrogen functional groups attached to an aromatic ring is 1. The monoisotopic (exact) mass is 305 g/mol. The summed E-state index contributed by atoms with van der Waals surface area (Å²) in [5.74, 6) is -0.859. The number of hydrogen-bond donors (Lipinski definition) is 3. The van der Waals surface area contributed by atoms with Gasteiger partial charge in [0.25, 0.3) is 5.56 Å². The molecule has 2 heterocycles. The number of nitrogens with two attached hydrogens (primary N) is 1. The van der Waals surface area contributed by atoms with Crippen molar-refractivity contribution in [1.29, 1.82) is 0 Å². The minimum Gasteiger partial charge on any atom is -0.435 e. The van der Waals surface area contributed by atoms with Crippen molar-refractivity contribution < 1.29 is 14.6 Å². The molecule has 2 unspecified atom stereocenters. The van der Waals surface area contributed by atoms with E-state index in [9.17, 15) is 14.7 Å². The number of H-pyrrole nitrogens is 1. The maximum absolute atomic E-state index is 11.8. The van der Waals surface area contributed by atoms with Gasteiger partial charge >= 0.3 is 5.97 Å². The van der Waals surface area contributed by atoms with E-state index in [1.807, 2.05) is 6.08 Å². The van der Waals surface area contributed by atoms with Crippen LogP contribution < -0.4 is 11.3 Å². The number of hydrogen-bond acceptors (Lipinski definition) is 7. The molecule has 3 atom stereocenters. The standard InChI is InChI=1S/C13H15N5O4/c1-6(19)22-12(21)7-2-3-8(4-7)18-5-15-9-10(18)16-13(14)17-11(9)20/h2-3,5,7-8,12,21H,4H2,1H3,(H3,14,16,17,20)/t7-,8?,12?/m0/s1. The van der Waals surface area contributed by atoms with Crippen LogP contribution in [0.25, 0.3) is 11.2 Å². The molecule has 2 aromatic heterocycles. The van der Waals surface area contributed by atoms with Crippen LogP contribution in [-0.2, 0) is 9.53 Å². The first-order chi connectivity index (χ1) is 10.5. The highest BCUT2D eigenvalue weighted by atomic mass is 16.6. The molecule has 22 heavy (non-hydrogen) atoms. The summed E-state index contributed by atoms with van der Waals surface area (Å²) in [5.41, 5.74) is 5.73. The third kappa shape index (κ3) is 2.46. The first-order valence-electron chi connectivity index (χ1n) is 6.71. The maximum atomic E-state index is 11.8. The number of nitrogens with zero attached hydrogens (tertiary/aromatic N) is 3. The molecule has 0 saturated carbocycles. The Labute approximate surface area is 124 Å². The summed E-state index contributed by atoms with van der Waals surface area (Å²) in [4.78, 5) is 33.2. The molecule has 1 aliphatic carbocycles. The van der Waals surface area contributed by atoms with Gasteiger partial charge in [0.15, 0.2) is 11.2 Å². The fraction of sp³-hybridized carbons (Fsp3) is 0.385. The quantitative estimate of drug-likeness (QED) is 0.402. The Morgan fingerprint density at radius 2 is 2.36 bits per heavy atom. The Morgan fingerprint density at radius 1 is 1.59 bits per heavy atom. The number of allylic oxidation sites excluding steroid dienone is 1. The number of anilines is 1. The lowest BCUT2D eigenvalue weighted by Gasteiger charge is -2.18. The van der Waals surface area contributed by atoms with Crippen LogP contribution in [0.15, 0.2) is 23.3 Å². The van der Waals surface area contributed by atoms with Gasteiger partial charge in [0.1, 0.15) is 0 Å². The second kappa shape index (κ2) is 5.26. The van der Waals surface area contributed by atoms with Crippen molar-refractivity contribution in [3.63, 3.8) is 0 Å². The minimum atomic E-state index is -1.20. The average molecular weight is 305 g/mol. The molecule has 0 bridgehead atoms. The van der Waals surface area contributed by atoms with E-state index in [0.29, 0.717) is 12.1 Å². The predicted molar refractivity (Wildman–Crippen MR) is 76.6 cm³/mol. The molecule has 9 heteroatoms. The maximum Gasteiger partial charge on any atom is 0.304 e. The van der Waals surface area contributed by atoms with Crippen LogP contribution in [0.1, 0.15) is 19.4 Å². The van der Waals surface area contributed by atoms with Crippen molar-refractivity contribution in [2.24, 2.45) is 5.92 Å². The van der Waals surface area contributed by atoms with E-state index < -0.39 is 17.8 Å². The lowest BCUT2D eigenvalue weighted by molar-refractivity contribution is -0.171. The van der Waals surface area contributed by atoms with Crippen LogP contribution in [0.5, 0.6) is 0 Å². The highest BCUT2D eigenvalue weighted by Gasteiger charge is 2.29. The number of aromatic amines is 1. The molecule has 0 spiro atoms. The van der Waals surface area contributed by atoms with Gasteiger partial charge in [0.2, 0.25) is 12.2 Å². The van der Waals surface area contributed by atoms with E-state index in [2.05, 4.69) is 15.0 Å². The number of rotatable bonds is 3. The van der Waals surface area contributed by atoms with Crippen molar-refractivity contribution in [2.45, 2.75) is 25.7 Å². The van der Waals surface area contributed by atoms with E-state index in [0.717, 1.165) is 0 Å². The van der Waals surface area contributed by atoms with E-state index in [1.54, 1.807) is 10.6 Å². The minimum absolute atomic E-state index is 0.0118. The van der Waals surface area contributed by atoms with E-state index in [1.165, 1.54) is 13.3 Å². The van der Waals surface area contributed by atoms with Crippen molar-refractivity contribution >= 4 is 23.1 Å². The lowest BCUT2D eigenvalue weighted by atomic mass is 10.1. The molecule has 4 N–H and O–H groups in total. The topological polar surface area (TPSA) is 136 Å². The van der Waals surface area contributed by atoms with E-state index >= 15 is 0 Å². The Balaban J connectivity index is 1.87. The SMILES string of the molecule is CC(=O)OC(O)[C@H]1C=CC(n2cnc3c(=O)[nH]c(N)nc32)C1. The summed E-state index contributed by atoms with van der Waals surface area (Å²) in [6, 6.07) is -0.158. The molecular weight excluding hydrogens is 290 g/mol. The number of carbonyl (C=O) groups is 1. The number of fused-ring (bicyclic) bond motifs is 1. The summed E-state index contributed by atoms with van der Waals surface area (Å²) in [6.07, 6.45) is 4.41. The number of carbonyl (C=O) groups excluding carboxylic acids is 1. The largest absolute Gasteiger partial charge is 0.435 e. The van der Waals surface area contributed by atoms with E-state index in [-0.39, 0.29) is 23.4 Å². The molecule has 0 fully saturated rings. The summed E-state index contributed by atoms with van der Waals surface area (Å²) in [6.45, 7) is 1.24. The molecule has 0 aromatic carbocycles. The number of nitrogens with one attached hydrogen (secondary N) is 1. The van der Waals surface area contributed by atoms with Crippen molar-refractivity contribution in [1.82, 2.24) is 19.5 Å². The van der Waals surface area contributed by atoms with Crippen molar-refractivity contribution in [3.8, 4) is 0 Å². The van der Waals surface area contributed by atoms with Gasteiger partial charge < -0.3 is 20.1 Å². The van der Waals surface area contributed by atoms with Gasteiger partial charge in [-0.05, 0) is 6.42 Å². The first-order valence-corrected chi connectivity index (χ1v) is 6.71.